The predicted molar refractivity (Wildman–Crippen MR) is 182 cm³/mol. The fourth-order valence-corrected chi connectivity index (χ4v) is 6.63. The summed E-state index contributed by atoms with van der Waals surface area (Å²) in [7, 11) is 3.48. The highest BCUT2D eigenvalue weighted by atomic mass is 16.5. The molecule has 2 aliphatic heterocycles. The lowest BCUT2D eigenvalue weighted by atomic mass is 9.98. The Balaban J connectivity index is 1.29. The van der Waals surface area contributed by atoms with Gasteiger partial charge in [0.25, 0.3) is 0 Å². The number of amides is 4. The number of hydrazine groups is 1. The minimum atomic E-state index is -0.701. The molecule has 4 amide bonds. The first-order valence-corrected chi connectivity index (χ1v) is 16.2. The van der Waals surface area contributed by atoms with Gasteiger partial charge in [-0.15, -0.1) is 0 Å². The number of hydrogen-bond acceptors (Lipinski definition) is 6. The Morgan fingerprint density at radius 1 is 0.936 bits per heavy atom. The molecule has 0 aromatic heterocycles. The molecule has 6 rings (SSSR count). The molecule has 2 N–H and O–H groups in total. The fraction of sp³-hybridized carbons (Fsp3) is 0.324. The number of methoxy groups -OCH3 is 1. The predicted octanol–water partition coefficient (Wildman–Crippen LogP) is 4.85. The molecule has 0 radical (unpaired) electrons. The number of nitrogens with zero attached hydrogens (tertiary/aromatic N) is 4. The Hall–Kier alpha value is -5.09. The molecule has 1 unspecified atom stereocenters. The maximum atomic E-state index is 14.3. The summed E-state index contributed by atoms with van der Waals surface area (Å²) in [4.78, 5) is 45.5. The van der Waals surface area contributed by atoms with E-state index in [1.54, 1.807) is 17.0 Å². The van der Waals surface area contributed by atoms with Gasteiger partial charge in [-0.2, -0.15) is 5.01 Å². The molecule has 2 saturated heterocycles. The number of nitrogens with one attached hydrogen (secondary N) is 2. The standard InChI is InChI=1S/C37H42N6O4/c1-4-20-41(37(46)39-22-27-14-18-31(47-3)19-15-27)42-25-35(44)43-33(21-26-12-16-30(38-2)17-13-26)36(45)40(24-34(42)43)23-29-10-7-9-28-8-5-6-11-32(28)29/h5-19,33-34,38H,4,20-25H2,1-3H3,(H,39,46)/t33?,34-/m1/s1. The Kier molecular flexibility index (Phi) is 9.58. The third-order valence-corrected chi connectivity index (χ3v) is 9.06. The largest absolute Gasteiger partial charge is 0.497 e. The second-order valence-electron chi connectivity index (χ2n) is 12.0. The van der Waals surface area contributed by atoms with Crippen LogP contribution in [0.15, 0.2) is 91.0 Å². The van der Waals surface area contributed by atoms with Crippen molar-refractivity contribution in [3.63, 3.8) is 0 Å². The smallest absolute Gasteiger partial charge is 0.332 e. The fourth-order valence-electron chi connectivity index (χ4n) is 6.63. The molecule has 0 aliphatic carbocycles. The van der Waals surface area contributed by atoms with Crippen LogP contribution in [0.25, 0.3) is 10.8 Å². The highest BCUT2D eigenvalue weighted by Crippen LogP contribution is 2.31. The van der Waals surface area contributed by atoms with Crippen molar-refractivity contribution < 1.29 is 19.1 Å². The van der Waals surface area contributed by atoms with Gasteiger partial charge in [-0.3, -0.25) is 14.6 Å². The topological polar surface area (TPSA) is 97.5 Å². The SMILES string of the molecule is CCCN(C(=O)NCc1ccc(OC)cc1)N1CC(=O)N2C(Cc3ccc(NC)cc3)C(=O)N(Cc3cccc4ccccc34)C[C@@H]21. The van der Waals surface area contributed by atoms with E-state index < -0.39 is 12.2 Å². The highest BCUT2D eigenvalue weighted by molar-refractivity contribution is 5.92. The summed E-state index contributed by atoms with van der Waals surface area (Å²) in [6.07, 6.45) is 0.588. The molecule has 10 heteroatoms. The summed E-state index contributed by atoms with van der Waals surface area (Å²) < 4.78 is 5.25. The Labute approximate surface area is 275 Å². The minimum Gasteiger partial charge on any atom is -0.497 e. The van der Waals surface area contributed by atoms with Crippen LogP contribution in [0, 0.1) is 0 Å². The third kappa shape index (κ3) is 6.73. The van der Waals surface area contributed by atoms with Crippen molar-refractivity contribution in [2.24, 2.45) is 0 Å². The number of fused-ring (bicyclic) bond motifs is 2. The molecule has 4 aromatic carbocycles. The van der Waals surface area contributed by atoms with Gasteiger partial charge in [0.05, 0.1) is 20.2 Å². The summed E-state index contributed by atoms with van der Waals surface area (Å²) in [5, 5.41) is 11.9. The first-order chi connectivity index (χ1) is 22.9. The van der Waals surface area contributed by atoms with E-state index in [2.05, 4.69) is 34.9 Å². The summed E-state index contributed by atoms with van der Waals surface area (Å²) >= 11 is 0. The van der Waals surface area contributed by atoms with Crippen LogP contribution in [0.2, 0.25) is 0 Å². The van der Waals surface area contributed by atoms with Gasteiger partial charge in [-0.1, -0.05) is 73.7 Å². The molecule has 2 heterocycles. The molecular formula is C37H42N6O4. The van der Waals surface area contributed by atoms with Gasteiger partial charge in [0.2, 0.25) is 11.8 Å². The van der Waals surface area contributed by atoms with Crippen LogP contribution in [0.1, 0.15) is 30.0 Å². The van der Waals surface area contributed by atoms with Crippen LogP contribution in [-0.4, -0.2) is 83.7 Å². The third-order valence-electron chi connectivity index (χ3n) is 9.06. The lowest BCUT2D eigenvalue weighted by Crippen LogP contribution is -2.66. The van der Waals surface area contributed by atoms with Crippen molar-refractivity contribution in [3.05, 3.63) is 108 Å². The second kappa shape index (κ2) is 14.1. The van der Waals surface area contributed by atoms with Crippen LogP contribution in [0.3, 0.4) is 0 Å². The van der Waals surface area contributed by atoms with E-state index >= 15 is 0 Å². The summed E-state index contributed by atoms with van der Waals surface area (Å²) in [5.74, 6) is 0.498. The lowest BCUT2D eigenvalue weighted by molar-refractivity contribution is -0.157. The van der Waals surface area contributed by atoms with Crippen LogP contribution in [0.5, 0.6) is 5.75 Å². The maximum absolute atomic E-state index is 14.3. The van der Waals surface area contributed by atoms with Crippen LogP contribution < -0.4 is 15.4 Å². The number of rotatable bonds is 11. The second-order valence-corrected chi connectivity index (χ2v) is 12.0. The average Bonchev–Trinajstić information content (AvgIpc) is 3.43. The van der Waals surface area contributed by atoms with Gasteiger partial charge in [-0.25, -0.2) is 4.79 Å². The van der Waals surface area contributed by atoms with E-state index in [0.717, 1.165) is 38.9 Å². The molecule has 2 fully saturated rings. The van der Waals surface area contributed by atoms with Gasteiger partial charge in [0.1, 0.15) is 18.0 Å². The van der Waals surface area contributed by atoms with E-state index in [4.69, 9.17) is 4.74 Å². The van der Waals surface area contributed by atoms with E-state index in [9.17, 15) is 14.4 Å². The van der Waals surface area contributed by atoms with Crippen molar-refractivity contribution in [1.82, 2.24) is 25.1 Å². The van der Waals surface area contributed by atoms with Crippen molar-refractivity contribution in [1.29, 1.82) is 0 Å². The number of benzene rings is 4. The molecule has 0 spiro atoms. The van der Waals surface area contributed by atoms with Gasteiger partial charge in [0, 0.05) is 38.8 Å². The Morgan fingerprint density at radius 2 is 1.66 bits per heavy atom. The maximum Gasteiger partial charge on any atom is 0.332 e. The molecule has 10 nitrogen and oxygen atoms in total. The molecule has 47 heavy (non-hydrogen) atoms. The van der Waals surface area contributed by atoms with E-state index in [-0.39, 0.29) is 30.9 Å². The molecular weight excluding hydrogens is 592 g/mol. The molecule has 2 aliphatic rings. The van der Waals surface area contributed by atoms with Gasteiger partial charge in [0.15, 0.2) is 0 Å². The van der Waals surface area contributed by atoms with Crippen LogP contribution >= 0.6 is 0 Å². The summed E-state index contributed by atoms with van der Waals surface area (Å²) in [6, 6.07) is 28.8. The highest BCUT2D eigenvalue weighted by Gasteiger charge is 2.52. The number of carbonyl (C=O) groups is 3. The number of anilines is 1. The van der Waals surface area contributed by atoms with Gasteiger partial charge in [-0.05, 0) is 58.1 Å². The number of ether oxygens (including phenoxy) is 1. The number of carbonyl (C=O) groups excluding carboxylic acids is 3. The summed E-state index contributed by atoms with van der Waals surface area (Å²) in [5.41, 5.74) is 3.91. The number of hydrogen-bond donors (Lipinski definition) is 2. The van der Waals surface area contributed by atoms with E-state index in [1.807, 2.05) is 90.6 Å². The molecule has 0 saturated carbocycles. The average molecular weight is 635 g/mol. The quantitative estimate of drug-likeness (QED) is 0.245. The first kappa shape index (κ1) is 31.9. The number of piperazine rings is 1. The molecule has 244 valence electrons. The van der Waals surface area contributed by atoms with Crippen LogP contribution in [-0.2, 0) is 29.1 Å². The van der Waals surface area contributed by atoms with E-state index in [0.29, 0.717) is 32.5 Å². The normalized spacial score (nSPS) is 17.9. The zero-order chi connectivity index (χ0) is 32.9. The Bertz CT molecular complexity index is 1720. The molecule has 4 aromatic rings. The Morgan fingerprint density at radius 3 is 2.38 bits per heavy atom. The number of urea groups is 1. The van der Waals surface area contributed by atoms with Gasteiger partial charge < -0.3 is 25.2 Å². The minimum absolute atomic E-state index is 0.0191. The first-order valence-electron chi connectivity index (χ1n) is 16.2. The van der Waals surface area contributed by atoms with Crippen LogP contribution in [0.4, 0.5) is 10.5 Å². The van der Waals surface area contributed by atoms with Gasteiger partial charge >= 0.3 is 6.03 Å². The zero-order valence-corrected chi connectivity index (χ0v) is 27.2. The van der Waals surface area contributed by atoms with E-state index in [1.165, 1.54) is 0 Å². The monoisotopic (exact) mass is 634 g/mol. The van der Waals surface area contributed by atoms with Crippen molar-refractivity contribution in [2.75, 3.05) is 39.1 Å². The lowest BCUT2D eigenvalue weighted by Gasteiger charge is -2.46. The zero-order valence-electron chi connectivity index (χ0n) is 27.2. The van der Waals surface area contributed by atoms with Crippen molar-refractivity contribution in [2.45, 2.75) is 45.1 Å². The van der Waals surface area contributed by atoms with Crippen molar-refractivity contribution in [3.8, 4) is 5.75 Å². The molecule has 0 bridgehead atoms. The van der Waals surface area contributed by atoms with Crippen molar-refractivity contribution >= 4 is 34.3 Å². The summed E-state index contributed by atoms with van der Waals surface area (Å²) in [6.45, 7) is 3.48. The molecule has 2 atom stereocenters.